The first-order valence-electron chi connectivity index (χ1n) is 9.51. The molecule has 2 N–H and O–H groups in total. The van der Waals surface area contributed by atoms with Crippen LogP contribution in [0, 0.1) is 0 Å². The molecular weight excluding hydrogens is 428 g/mol. The second-order valence-corrected chi connectivity index (χ2v) is 7.67. The SMILES string of the molecule is CCN1C(=O)C(NC(=O)C(=O)NCCCN2CCOCC2)c2cc(Br)ccc21. The fraction of sp³-hybridized carbons (Fsp3) is 0.526. The van der Waals surface area contributed by atoms with Crippen LogP contribution in [0.25, 0.3) is 0 Å². The largest absolute Gasteiger partial charge is 0.379 e. The fourth-order valence-electron chi connectivity index (χ4n) is 3.48. The molecule has 0 radical (unpaired) electrons. The molecule has 0 saturated carbocycles. The van der Waals surface area contributed by atoms with Gasteiger partial charge in [0.25, 0.3) is 5.91 Å². The zero-order chi connectivity index (χ0) is 20.1. The molecule has 0 spiro atoms. The molecule has 3 amide bonds. The molecule has 1 saturated heterocycles. The van der Waals surface area contributed by atoms with Crippen molar-refractivity contribution < 1.29 is 19.1 Å². The molecule has 2 heterocycles. The van der Waals surface area contributed by atoms with E-state index in [0.717, 1.165) is 49.4 Å². The van der Waals surface area contributed by atoms with Gasteiger partial charge in [0.05, 0.1) is 13.2 Å². The van der Waals surface area contributed by atoms with Crippen molar-refractivity contribution >= 4 is 39.3 Å². The molecule has 1 unspecified atom stereocenters. The first kappa shape index (κ1) is 20.8. The standard InChI is InChI=1S/C19H25BrN4O4/c1-2-24-15-5-4-13(20)12-14(15)16(19(24)27)22-18(26)17(25)21-6-3-7-23-8-10-28-11-9-23/h4-5,12,16H,2-3,6-11H2,1H3,(H,21,25)(H,22,26). The normalized spacial score (nSPS) is 19.4. The number of hydrogen-bond donors (Lipinski definition) is 2. The van der Waals surface area contributed by atoms with Crippen molar-refractivity contribution in [2.45, 2.75) is 19.4 Å². The molecule has 1 aromatic rings. The molecule has 0 bridgehead atoms. The number of carbonyl (C=O) groups is 3. The molecule has 8 nitrogen and oxygen atoms in total. The molecule has 1 aromatic carbocycles. The van der Waals surface area contributed by atoms with Crippen LogP contribution >= 0.6 is 15.9 Å². The minimum atomic E-state index is -0.848. The average molecular weight is 453 g/mol. The fourth-order valence-corrected chi connectivity index (χ4v) is 3.86. The summed E-state index contributed by atoms with van der Waals surface area (Å²) in [7, 11) is 0. The summed E-state index contributed by atoms with van der Waals surface area (Å²) in [5.41, 5.74) is 1.45. The van der Waals surface area contributed by atoms with Gasteiger partial charge in [-0.05, 0) is 38.1 Å². The number of likely N-dealkylation sites (N-methyl/N-ethyl adjacent to an activating group) is 1. The first-order valence-corrected chi connectivity index (χ1v) is 10.3. The van der Waals surface area contributed by atoms with Crippen LogP contribution in [0.4, 0.5) is 5.69 Å². The maximum atomic E-state index is 12.6. The number of benzene rings is 1. The van der Waals surface area contributed by atoms with E-state index in [2.05, 4.69) is 31.5 Å². The van der Waals surface area contributed by atoms with E-state index in [1.165, 1.54) is 0 Å². The van der Waals surface area contributed by atoms with Gasteiger partial charge in [-0.25, -0.2) is 0 Å². The number of nitrogens with one attached hydrogen (secondary N) is 2. The van der Waals surface area contributed by atoms with Gasteiger partial charge in [0.2, 0.25) is 0 Å². The van der Waals surface area contributed by atoms with Gasteiger partial charge in [-0.2, -0.15) is 0 Å². The highest BCUT2D eigenvalue weighted by atomic mass is 79.9. The van der Waals surface area contributed by atoms with E-state index in [0.29, 0.717) is 18.7 Å². The van der Waals surface area contributed by atoms with Gasteiger partial charge in [-0.1, -0.05) is 15.9 Å². The Hall–Kier alpha value is -1.97. The Morgan fingerprint density at radius 3 is 2.71 bits per heavy atom. The van der Waals surface area contributed by atoms with Crippen molar-refractivity contribution in [1.29, 1.82) is 0 Å². The summed E-state index contributed by atoms with van der Waals surface area (Å²) >= 11 is 3.39. The second-order valence-electron chi connectivity index (χ2n) is 6.76. The van der Waals surface area contributed by atoms with Crippen LogP contribution < -0.4 is 15.5 Å². The van der Waals surface area contributed by atoms with E-state index in [9.17, 15) is 14.4 Å². The van der Waals surface area contributed by atoms with Crippen molar-refractivity contribution in [3.8, 4) is 0 Å². The summed E-state index contributed by atoms with van der Waals surface area (Å²) in [5.74, 6) is -1.75. The lowest BCUT2D eigenvalue weighted by atomic mass is 10.1. The Kier molecular flexibility index (Phi) is 7.03. The molecule has 1 fully saturated rings. The minimum absolute atomic E-state index is 0.232. The molecule has 28 heavy (non-hydrogen) atoms. The van der Waals surface area contributed by atoms with Crippen LogP contribution in [0.5, 0.6) is 0 Å². The van der Waals surface area contributed by atoms with Gasteiger partial charge in [0, 0.05) is 41.9 Å². The van der Waals surface area contributed by atoms with Crippen molar-refractivity contribution in [3.05, 3.63) is 28.2 Å². The van der Waals surface area contributed by atoms with E-state index in [-0.39, 0.29) is 5.91 Å². The molecular formula is C19H25BrN4O4. The number of fused-ring (bicyclic) bond motifs is 1. The summed E-state index contributed by atoms with van der Waals surface area (Å²) in [6, 6.07) is 4.63. The lowest BCUT2D eigenvalue weighted by Crippen LogP contribution is -2.45. The van der Waals surface area contributed by atoms with Crippen LogP contribution in [0.1, 0.15) is 24.9 Å². The molecule has 0 aliphatic carbocycles. The van der Waals surface area contributed by atoms with E-state index in [1.807, 2.05) is 19.1 Å². The molecule has 2 aliphatic heterocycles. The van der Waals surface area contributed by atoms with Crippen LogP contribution in [0.3, 0.4) is 0 Å². The van der Waals surface area contributed by atoms with E-state index < -0.39 is 17.9 Å². The number of rotatable bonds is 6. The first-order chi connectivity index (χ1) is 13.5. The van der Waals surface area contributed by atoms with Gasteiger partial charge in [0.1, 0.15) is 6.04 Å². The maximum absolute atomic E-state index is 12.6. The zero-order valence-electron chi connectivity index (χ0n) is 15.9. The quantitative estimate of drug-likeness (QED) is 0.492. The van der Waals surface area contributed by atoms with Crippen LogP contribution in [0.15, 0.2) is 22.7 Å². The lowest BCUT2D eigenvalue weighted by molar-refractivity contribution is -0.140. The third kappa shape index (κ3) is 4.71. The van der Waals surface area contributed by atoms with Gasteiger partial charge in [-0.3, -0.25) is 19.3 Å². The highest BCUT2D eigenvalue weighted by Gasteiger charge is 2.38. The molecule has 9 heteroatoms. The summed E-state index contributed by atoms with van der Waals surface area (Å²) in [6.07, 6.45) is 0.751. The Bertz CT molecular complexity index is 751. The monoisotopic (exact) mass is 452 g/mol. The van der Waals surface area contributed by atoms with Gasteiger partial charge in [0.15, 0.2) is 0 Å². The number of ether oxygens (including phenoxy) is 1. The Labute approximate surface area is 172 Å². The third-order valence-corrected chi connectivity index (χ3v) is 5.44. The number of anilines is 1. The number of morpholine rings is 1. The Balaban J connectivity index is 1.51. The minimum Gasteiger partial charge on any atom is -0.379 e. The van der Waals surface area contributed by atoms with Crippen LogP contribution in [0.2, 0.25) is 0 Å². The topological polar surface area (TPSA) is 91.0 Å². The number of amides is 3. The predicted octanol–water partition coefficient (Wildman–Crippen LogP) is 0.811. The van der Waals surface area contributed by atoms with Crippen LogP contribution in [-0.2, 0) is 19.1 Å². The highest BCUT2D eigenvalue weighted by molar-refractivity contribution is 9.10. The lowest BCUT2D eigenvalue weighted by Gasteiger charge is -2.26. The number of hydrogen-bond acceptors (Lipinski definition) is 5. The van der Waals surface area contributed by atoms with Gasteiger partial charge < -0.3 is 20.3 Å². The summed E-state index contributed by atoms with van der Waals surface area (Å²) < 4.78 is 6.11. The van der Waals surface area contributed by atoms with Crippen molar-refractivity contribution in [3.63, 3.8) is 0 Å². The van der Waals surface area contributed by atoms with Crippen molar-refractivity contribution in [2.75, 3.05) is 50.8 Å². The Morgan fingerprint density at radius 1 is 1.25 bits per heavy atom. The van der Waals surface area contributed by atoms with Crippen LogP contribution in [-0.4, -0.2) is 68.6 Å². The van der Waals surface area contributed by atoms with Crippen molar-refractivity contribution in [2.24, 2.45) is 0 Å². The molecule has 152 valence electrons. The van der Waals surface area contributed by atoms with Crippen molar-refractivity contribution in [1.82, 2.24) is 15.5 Å². The molecule has 0 aromatic heterocycles. The molecule has 3 rings (SSSR count). The van der Waals surface area contributed by atoms with Gasteiger partial charge >= 0.3 is 11.8 Å². The summed E-state index contributed by atoms with van der Waals surface area (Å²) in [5, 5.41) is 5.20. The molecule has 2 aliphatic rings. The van der Waals surface area contributed by atoms with E-state index >= 15 is 0 Å². The summed E-state index contributed by atoms with van der Waals surface area (Å²) in [4.78, 5) is 40.9. The molecule has 1 atom stereocenters. The second kappa shape index (κ2) is 9.49. The van der Waals surface area contributed by atoms with E-state index in [4.69, 9.17) is 4.74 Å². The van der Waals surface area contributed by atoms with Gasteiger partial charge in [-0.15, -0.1) is 0 Å². The predicted molar refractivity (Wildman–Crippen MR) is 108 cm³/mol. The van der Waals surface area contributed by atoms with E-state index in [1.54, 1.807) is 11.0 Å². The maximum Gasteiger partial charge on any atom is 0.310 e. The third-order valence-electron chi connectivity index (χ3n) is 4.94. The highest BCUT2D eigenvalue weighted by Crippen LogP contribution is 2.37. The number of carbonyl (C=O) groups excluding carboxylic acids is 3. The Morgan fingerprint density at radius 2 is 2.00 bits per heavy atom. The smallest absolute Gasteiger partial charge is 0.310 e. The number of halogens is 1. The summed E-state index contributed by atoms with van der Waals surface area (Å²) in [6.45, 7) is 6.86. The average Bonchev–Trinajstić information content (AvgIpc) is 2.96. The zero-order valence-corrected chi connectivity index (χ0v) is 17.5. The number of nitrogens with zero attached hydrogens (tertiary/aromatic N) is 2.